The third-order valence-corrected chi connectivity index (χ3v) is 3.65. The Kier molecular flexibility index (Phi) is 2.02. The maximum Gasteiger partial charge on any atom is 0.309 e. The highest BCUT2D eigenvalue weighted by molar-refractivity contribution is 5.83. The summed E-state index contributed by atoms with van der Waals surface area (Å²) in [5.74, 6) is -0.668. The van der Waals surface area contributed by atoms with Crippen LogP contribution in [0.5, 0.6) is 0 Å². The summed E-state index contributed by atoms with van der Waals surface area (Å²) in [6, 6.07) is 3.90. The highest BCUT2D eigenvalue weighted by Crippen LogP contribution is 2.49. The molecule has 1 saturated carbocycles. The van der Waals surface area contributed by atoms with Gasteiger partial charge in [0, 0.05) is 24.8 Å². The number of carboxylic acid groups (broad SMARTS) is 1. The molecule has 4 heteroatoms. The van der Waals surface area contributed by atoms with Crippen molar-refractivity contribution in [2.45, 2.75) is 19.3 Å². The zero-order chi connectivity index (χ0) is 12.0. The van der Waals surface area contributed by atoms with Crippen molar-refractivity contribution in [3.63, 3.8) is 0 Å². The predicted molar refractivity (Wildman–Crippen MR) is 63.7 cm³/mol. The van der Waals surface area contributed by atoms with Crippen molar-refractivity contribution in [2.75, 3.05) is 0 Å². The Morgan fingerprint density at radius 2 is 2.35 bits per heavy atom. The summed E-state index contributed by atoms with van der Waals surface area (Å²) in [5.41, 5.74) is 1.50. The maximum atomic E-state index is 11.2. The first-order chi connectivity index (χ1) is 8.12. The zero-order valence-electron chi connectivity index (χ0n) is 9.68. The summed E-state index contributed by atoms with van der Waals surface area (Å²) < 4.78 is 1.96. The molecule has 17 heavy (non-hydrogen) atoms. The van der Waals surface area contributed by atoms with E-state index in [2.05, 4.69) is 4.98 Å². The largest absolute Gasteiger partial charge is 0.481 e. The van der Waals surface area contributed by atoms with Crippen molar-refractivity contribution in [3.05, 3.63) is 30.1 Å². The fourth-order valence-electron chi connectivity index (χ4n) is 2.42. The van der Waals surface area contributed by atoms with E-state index < -0.39 is 11.4 Å². The summed E-state index contributed by atoms with van der Waals surface area (Å²) in [6.45, 7) is 0. The van der Waals surface area contributed by atoms with Gasteiger partial charge in [-0.15, -0.1) is 0 Å². The van der Waals surface area contributed by atoms with Gasteiger partial charge in [0.25, 0.3) is 0 Å². The normalized spacial score (nSPS) is 17.2. The Bertz CT molecular complexity index is 596. The van der Waals surface area contributed by atoms with E-state index in [0.717, 1.165) is 29.4 Å². The molecule has 0 unspecified atom stereocenters. The van der Waals surface area contributed by atoms with Crippen molar-refractivity contribution in [1.29, 1.82) is 0 Å². The van der Waals surface area contributed by atoms with Crippen LogP contribution in [0, 0.1) is 5.41 Å². The summed E-state index contributed by atoms with van der Waals surface area (Å²) in [4.78, 5) is 15.5. The highest BCUT2D eigenvalue weighted by atomic mass is 16.4. The van der Waals surface area contributed by atoms with Gasteiger partial charge in [-0.2, -0.15) is 0 Å². The molecule has 1 aliphatic carbocycles. The fraction of sp³-hybridized carbons (Fsp3) is 0.385. The van der Waals surface area contributed by atoms with E-state index in [1.807, 2.05) is 29.9 Å². The number of hydrogen-bond donors (Lipinski definition) is 1. The molecule has 88 valence electrons. The molecule has 2 aromatic rings. The molecule has 2 heterocycles. The number of rotatable bonds is 3. The van der Waals surface area contributed by atoms with Gasteiger partial charge in [-0.3, -0.25) is 4.79 Å². The van der Waals surface area contributed by atoms with Crippen LogP contribution in [0.25, 0.3) is 11.0 Å². The lowest BCUT2D eigenvalue weighted by molar-refractivity contribution is -0.143. The Hall–Kier alpha value is -1.84. The quantitative estimate of drug-likeness (QED) is 0.877. The molecule has 0 aromatic carbocycles. The average molecular weight is 230 g/mol. The molecule has 0 saturated heterocycles. The van der Waals surface area contributed by atoms with Gasteiger partial charge < -0.3 is 9.67 Å². The van der Waals surface area contributed by atoms with Crippen LogP contribution in [0.15, 0.2) is 24.5 Å². The van der Waals surface area contributed by atoms with Crippen molar-refractivity contribution in [1.82, 2.24) is 9.55 Å². The van der Waals surface area contributed by atoms with Crippen molar-refractivity contribution in [2.24, 2.45) is 12.5 Å². The first kappa shape index (κ1) is 10.3. The molecule has 3 rings (SSSR count). The lowest BCUT2D eigenvalue weighted by Gasteiger charge is -2.07. The van der Waals surface area contributed by atoms with Crippen LogP contribution in [0.3, 0.4) is 0 Å². The van der Waals surface area contributed by atoms with E-state index >= 15 is 0 Å². The van der Waals surface area contributed by atoms with E-state index in [4.69, 9.17) is 0 Å². The van der Waals surface area contributed by atoms with Gasteiger partial charge in [0.2, 0.25) is 0 Å². The smallest absolute Gasteiger partial charge is 0.309 e. The Balaban J connectivity index is 2.04. The van der Waals surface area contributed by atoms with Gasteiger partial charge in [-0.25, -0.2) is 4.98 Å². The van der Waals surface area contributed by atoms with Crippen molar-refractivity contribution < 1.29 is 9.90 Å². The number of aryl methyl sites for hydroxylation is 1. The third-order valence-electron chi connectivity index (χ3n) is 3.65. The molecule has 0 spiro atoms. The van der Waals surface area contributed by atoms with Crippen LogP contribution >= 0.6 is 0 Å². The second kappa shape index (κ2) is 3.32. The number of aliphatic carboxylic acids is 1. The summed E-state index contributed by atoms with van der Waals surface area (Å²) in [7, 11) is 1.94. The van der Waals surface area contributed by atoms with Crippen molar-refractivity contribution >= 4 is 17.0 Å². The molecular formula is C13H14N2O2. The molecule has 1 N–H and O–H groups in total. The van der Waals surface area contributed by atoms with Gasteiger partial charge in [-0.1, -0.05) is 0 Å². The van der Waals surface area contributed by atoms with Crippen LogP contribution in [-0.4, -0.2) is 20.6 Å². The van der Waals surface area contributed by atoms with Gasteiger partial charge in [0.15, 0.2) is 0 Å². The monoisotopic (exact) mass is 230 g/mol. The van der Waals surface area contributed by atoms with Gasteiger partial charge in [0.1, 0.15) is 5.65 Å². The minimum Gasteiger partial charge on any atom is -0.481 e. The van der Waals surface area contributed by atoms with Crippen LogP contribution in [-0.2, 0) is 18.3 Å². The molecule has 0 amide bonds. The standard InChI is InChI=1S/C13H14N2O2/c1-15-8-9(7-13(4-5-13)12(16)17)10-3-2-6-14-11(10)15/h2-3,6,8H,4-5,7H2,1H3,(H,16,17). The maximum absolute atomic E-state index is 11.2. The fourth-order valence-corrected chi connectivity index (χ4v) is 2.42. The summed E-state index contributed by atoms with van der Waals surface area (Å²) in [6.07, 6.45) is 5.96. The second-order valence-corrected chi connectivity index (χ2v) is 4.90. The van der Waals surface area contributed by atoms with Crippen LogP contribution < -0.4 is 0 Å². The molecule has 4 nitrogen and oxygen atoms in total. The number of carbonyl (C=O) groups is 1. The van der Waals surface area contributed by atoms with E-state index in [1.165, 1.54) is 0 Å². The summed E-state index contributed by atoms with van der Waals surface area (Å²) >= 11 is 0. The molecule has 1 aliphatic rings. The molecule has 0 radical (unpaired) electrons. The van der Waals surface area contributed by atoms with E-state index in [1.54, 1.807) is 6.20 Å². The van der Waals surface area contributed by atoms with Gasteiger partial charge >= 0.3 is 5.97 Å². The molecule has 0 bridgehead atoms. The SMILES string of the molecule is Cn1cc(CC2(C(=O)O)CC2)c2cccnc21. The predicted octanol–water partition coefficient (Wildman–Crippen LogP) is 1.98. The van der Waals surface area contributed by atoms with E-state index in [9.17, 15) is 9.90 Å². The molecular weight excluding hydrogens is 216 g/mol. The Morgan fingerprint density at radius 3 is 3.00 bits per heavy atom. The number of carboxylic acids is 1. The van der Waals surface area contributed by atoms with E-state index in [-0.39, 0.29) is 0 Å². The first-order valence-electron chi connectivity index (χ1n) is 5.75. The number of hydrogen-bond acceptors (Lipinski definition) is 2. The topological polar surface area (TPSA) is 55.1 Å². The number of fused-ring (bicyclic) bond motifs is 1. The second-order valence-electron chi connectivity index (χ2n) is 4.90. The average Bonchev–Trinajstić information content (AvgIpc) is 3.03. The Labute approximate surface area is 98.9 Å². The lowest BCUT2D eigenvalue weighted by atomic mass is 9.97. The van der Waals surface area contributed by atoms with Crippen molar-refractivity contribution in [3.8, 4) is 0 Å². The lowest BCUT2D eigenvalue weighted by Crippen LogP contribution is -2.17. The minimum absolute atomic E-state index is 0.510. The summed E-state index contributed by atoms with van der Waals surface area (Å²) in [5, 5.41) is 10.3. The third kappa shape index (κ3) is 1.52. The minimum atomic E-state index is -0.668. The molecule has 1 fully saturated rings. The Morgan fingerprint density at radius 1 is 1.59 bits per heavy atom. The van der Waals surface area contributed by atoms with Crippen LogP contribution in [0.4, 0.5) is 0 Å². The zero-order valence-corrected chi connectivity index (χ0v) is 9.68. The number of nitrogens with zero attached hydrogens (tertiary/aromatic N) is 2. The van der Waals surface area contributed by atoms with Crippen LogP contribution in [0.2, 0.25) is 0 Å². The van der Waals surface area contributed by atoms with Crippen LogP contribution in [0.1, 0.15) is 18.4 Å². The first-order valence-corrected chi connectivity index (χ1v) is 5.75. The van der Waals surface area contributed by atoms with E-state index in [0.29, 0.717) is 6.42 Å². The molecule has 0 atom stereocenters. The van der Waals surface area contributed by atoms with Gasteiger partial charge in [0.05, 0.1) is 5.41 Å². The number of aromatic nitrogens is 2. The highest BCUT2D eigenvalue weighted by Gasteiger charge is 2.50. The van der Waals surface area contributed by atoms with Gasteiger partial charge in [-0.05, 0) is 37.0 Å². The molecule has 2 aromatic heterocycles. The number of pyridine rings is 1. The molecule has 0 aliphatic heterocycles.